The summed E-state index contributed by atoms with van der Waals surface area (Å²) in [5.41, 5.74) is -0.932. The predicted molar refractivity (Wildman–Crippen MR) is 151 cm³/mol. The number of hydrogen-bond donors (Lipinski definition) is 1. The van der Waals surface area contributed by atoms with Crippen LogP contribution in [0.25, 0.3) is 11.2 Å². The Bertz CT molecular complexity index is 1730. The van der Waals surface area contributed by atoms with Crippen molar-refractivity contribution in [2.24, 2.45) is 17.3 Å². The SMILES string of the molecule is CCCn1c(C23CC4CC(CC(COc5cccc(C(F)(F)F)c5)(C4)C2)C3)nc2nc(Oc3cccc(F)c3)[nH]c(=O)c21. The summed E-state index contributed by atoms with van der Waals surface area (Å²) in [5.74, 6) is 1.68. The Balaban J connectivity index is 1.23. The van der Waals surface area contributed by atoms with Crippen LogP contribution >= 0.6 is 0 Å². The average Bonchev–Trinajstić information content (AvgIpc) is 3.31. The van der Waals surface area contributed by atoms with Crippen LogP contribution in [0.5, 0.6) is 17.5 Å². The first kappa shape index (κ1) is 27.9. The highest BCUT2D eigenvalue weighted by atomic mass is 19.4. The lowest BCUT2D eigenvalue weighted by Crippen LogP contribution is -2.56. The lowest BCUT2D eigenvalue weighted by atomic mass is 9.44. The molecule has 7 nitrogen and oxygen atoms in total. The topological polar surface area (TPSA) is 82.0 Å². The van der Waals surface area contributed by atoms with Gasteiger partial charge in [0.25, 0.3) is 5.56 Å². The first-order valence-electron chi connectivity index (χ1n) is 14.8. The van der Waals surface area contributed by atoms with Crippen LogP contribution < -0.4 is 15.0 Å². The largest absolute Gasteiger partial charge is 0.493 e. The number of alkyl halides is 3. The minimum absolute atomic E-state index is 0.0627. The summed E-state index contributed by atoms with van der Waals surface area (Å²) in [7, 11) is 0. The van der Waals surface area contributed by atoms with Gasteiger partial charge in [0, 0.05) is 23.4 Å². The van der Waals surface area contributed by atoms with E-state index in [0.717, 1.165) is 62.9 Å². The molecule has 43 heavy (non-hydrogen) atoms. The normalized spacial score (nSPS) is 26.3. The van der Waals surface area contributed by atoms with Gasteiger partial charge in [0.1, 0.15) is 23.1 Å². The molecule has 0 saturated heterocycles. The Hall–Kier alpha value is -3.89. The van der Waals surface area contributed by atoms with Gasteiger partial charge in [-0.25, -0.2) is 9.37 Å². The van der Waals surface area contributed by atoms with E-state index < -0.39 is 17.6 Å². The predicted octanol–water partition coefficient (Wildman–Crippen LogP) is 7.40. The van der Waals surface area contributed by atoms with Crippen LogP contribution in [-0.2, 0) is 18.1 Å². The molecule has 4 bridgehead atoms. The summed E-state index contributed by atoms with van der Waals surface area (Å²) in [6, 6.07) is 10.6. The lowest BCUT2D eigenvalue weighted by molar-refractivity contribution is -0.137. The van der Waals surface area contributed by atoms with Gasteiger partial charge in [0.05, 0.1) is 12.2 Å². The Labute approximate surface area is 245 Å². The Kier molecular flexibility index (Phi) is 6.55. The van der Waals surface area contributed by atoms with E-state index in [-0.39, 0.29) is 39.5 Å². The number of nitrogens with one attached hydrogen (secondary N) is 1. The fourth-order valence-corrected chi connectivity index (χ4v) is 8.44. The number of ether oxygens (including phenoxy) is 2. The number of imidazole rings is 1. The summed E-state index contributed by atoms with van der Waals surface area (Å²) >= 11 is 0. The zero-order valence-electron chi connectivity index (χ0n) is 23.7. The maximum atomic E-state index is 13.7. The van der Waals surface area contributed by atoms with Gasteiger partial charge in [0.2, 0.25) is 0 Å². The minimum Gasteiger partial charge on any atom is -0.493 e. The molecule has 0 radical (unpaired) electrons. The first-order chi connectivity index (χ1) is 20.5. The molecular formula is C32H32F4N4O3. The highest BCUT2D eigenvalue weighted by Crippen LogP contribution is 2.65. The quantitative estimate of drug-likeness (QED) is 0.215. The van der Waals surface area contributed by atoms with E-state index in [4.69, 9.17) is 14.5 Å². The van der Waals surface area contributed by atoms with E-state index in [1.54, 1.807) is 12.1 Å². The number of aromatic amines is 1. The molecule has 226 valence electrons. The van der Waals surface area contributed by atoms with Crippen LogP contribution in [0.3, 0.4) is 0 Å². The Morgan fingerprint density at radius 2 is 1.77 bits per heavy atom. The highest BCUT2D eigenvalue weighted by molar-refractivity contribution is 5.71. The first-order valence-corrected chi connectivity index (χ1v) is 14.8. The molecule has 0 aliphatic heterocycles. The van der Waals surface area contributed by atoms with Crippen LogP contribution in [-0.4, -0.2) is 26.1 Å². The second-order valence-electron chi connectivity index (χ2n) is 12.7. The number of benzene rings is 2. The molecule has 4 fully saturated rings. The number of fused-ring (bicyclic) bond motifs is 1. The third-order valence-electron chi connectivity index (χ3n) is 9.41. The second-order valence-corrected chi connectivity index (χ2v) is 12.7. The van der Waals surface area contributed by atoms with Crippen molar-refractivity contribution in [3.8, 4) is 17.5 Å². The van der Waals surface area contributed by atoms with E-state index in [1.807, 2.05) is 11.5 Å². The standard InChI is InChI=1S/C32H32F4N4O3/c1-2-9-40-25-26(38-29(39-27(25)41)43-24-8-4-6-22(33)12-24)37-28(40)31-15-19-10-20(16-31)14-30(13-19,17-31)18-42-23-7-3-5-21(11-23)32(34,35)36/h3-8,11-12,19-20H,2,9-10,13-18H2,1H3,(H,38,39,41). The number of aryl methyl sites for hydroxylation is 1. The maximum Gasteiger partial charge on any atom is 0.416 e. The highest BCUT2D eigenvalue weighted by Gasteiger charge is 2.60. The molecule has 2 unspecified atom stereocenters. The summed E-state index contributed by atoms with van der Waals surface area (Å²) in [6.45, 7) is 2.97. The van der Waals surface area contributed by atoms with Crippen molar-refractivity contribution >= 4 is 11.2 Å². The van der Waals surface area contributed by atoms with E-state index >= 15 is 0 Å². The molecular weight excluding hydrogens is 564 g/mol. The van der Waals surface area contributed by atoms with Crippen LogP contribution in [0, 0.1) is 23.1 Å². The maximum absolute atomic E-state index is 13.7. The number of hydrogen-bond acceptors (Lipinski definition) is 5. The third kappa shape index (κ3) is 5.06. The molecule has 2 heterocycles. The molecule has 4 aliphatic rings. The molecule has 11 heteroatoms. The number of H-pyrrole nitrogens is 1. The average molecular weight is 597 g/mol. The van der Waals surface area contributed by atoms with Crippen LogP contribution in [0.1, 0.15) is 63.3 Å². The second kappa shape index (κ2) is 10.1. The van der Waals surface area contributed by atoms with Gasteiger partial charge in [-0.05, 0) is 87.1 Å². The molecule has 0 spiro atoms. The monoisotopic (exact) mass is 596 g/mol. The van der Waals surface area contributed by atoms with Gasteiger partial charge in [-0.2, -0.15) is 18.2 Å². The van der Waals surface area contributed by atoms with Gasteiger partial charge in [0.15, 0.2) is 11.2 Å². The summed E-state index contributed by atoms with van der Waals surface area (Å²) < 4.78 is 67.4. The van der Waals surface area contributed by atoms with E-state index in [0.29, 0.717) is 30.5 Å². The van der Waals surface area contributed by atoms with Gasteiger partial charge < -0.3 is 14.0 Å². The van der Waals surface area contributed by atoms with Crippen LogP contribution in [0.15, 0.2) is 53.3 Å². The number of aromatic nitrogens is 4. The molecule has 2 aromatic carbocycles. The number of rotatable bonds is 8. The van der Waals surface area contributed by atoms with Gasteiger partial charge in [-0.1, -0.05) is 19.1 Å². The smallest absolute Gasteiger partial charge is 0.416 e. The van der Waals surface area contributed by atoms with E-state index in [9.17, 15) is 22.4 Å². The van der Waals surface area contributed by atoms with Gasteiger partial charge in [-0.15, -0.1) is 0 Å². The minimum atomic E-state index is -4.43. The van der Waals surface area contributed by atoms with E-state index in [2.05, 4.69) is 9.97 Å². The number of halogens is 4. The zero-order chi connectivity index (χ0) is 30.0. The zero-order valence-corrected chi connectivity index (χ0v) is 23.7. The van der Waals surface area contributed by atoms with Crippen molar-refractivity contribution in [1.29, 1.82) is 0 Å². The van der Waals surface area contributed by atoms with Crippen LogP contribution in [0.2, 0.25) is 0 Å². The molecule has 0 amide bonds. The molecule has 8 rings (SSSR count). The Morgan fingerprint density at radius 1 is 1.02 bits per heavy atom. The van der Waals surface area contributed by atoms with Crippen molar-refractivity contribution < 1.29 is 27.0 Å². The van der Waals surface area contributed by atoms with E-state index in [1.165, 1.54) is 24.3 Å². The fraction of sp³-hybridized carbons (Fsp3) is 0.469. The third-order valence-corrected chi connectivity index (χ3v) is 9.41. The van der Waals surface area contributed by atoms with Crippen LogP contribution in [0.4, 0.5) is 17.6 Å². The summed E-state index contributed by atoms with van der Waals surface area (Å²) in [4.78, 5) is 25.6. The fourth-order valence-electron chi connectivity index (χ4n) is 8.44. The van der Waals surface area contributed by atoms with Crippen molar-refractivity contribution in [2.45, 2.75) is 70.0 Å². The molecule has 2 atom stereocenters. The molecule has 4 saturated carbocycles. The molecule has 2 aromatic heterocycles. The molecule has 4 aromatic rings. The van der Waals surface area contributed by atoms with Crippen molar-refractivity contribution in [3.63, 3.8) is 0 Å². The number of nitrogens with zero attached hydrogens (tertiary/aromatic N) is 3. The molecule has 4 aliphatic carbocycles. The van der Waals surface area contributed by atoms with Crippen molar-refractivity contribution in [1.82, 2.24) is 19.5 Å². The lowest BCUT2D eigenvalue weighted by Gasteiger charge is -2.61. The molecule has 1 N–H and O–H groups in total. The van der Waals surface area contributed by atoms with Crippen molar-refractivity contribution in [2.75, 3.05) is 6.61 Å². The Morgan fingerprint density at radius 3 is 2.49 bits per heavy atom. The van der Waals surface area contributed by atoms with Gasteiger partial charge >= 0.3 is 12.2 Å². The van der Waals surface area contributed by atoms with Crippen molar-refractivity contribution in [3.05, 3.63) is 76.1 Å². The summed E-state index contributed by atoms with van der Waals surface area (Å²) in [5, 5.41) is 0. The summed E-state index contributed by atoms with van der Waals surface area (Å²) in [6.07, 6.45) is 2.04. The van der Waals surface area contributed by atoms with Gasteiger partial charge in [-0.3, -0.25) is 9.78 Å².